The van der Waals surface area contributed by atoms with Gasteiger partial charge in [0.15, 0.2) is 5.75 Å². The van der Waals surface area contributed by atoms with E-state index in [1.54, 1.807) is 0 Å². The van der Waals surface area contributed by atoms with Crippen LogP contribution in [0.25, 0.3) is 5.69 Å². The van der Waals surface area contributed by atoms with E-state index in [1.165, 1.54) is 5.56 Å². The van der Waals surface area contributed by atoms with Gasteiger partial charge in [0.05, 0.1) is 11.4 Å². The lowest BCUT2D eigenvalue weighted by Gasteiger charge is -2.10. The minimum absolute atomic E-state index is 0.373. The normalized spacial score (nSPS) is 11.6. The van der Waals surface area contributed by atoms with Crippen molar-refractivity contribution in [3.8, 4) is 11.4 Å². The molecule has 0 bridgehead atoms. The summed E-state index contributed by atoms with van der Waals surface area (Å²) in [6, 6.07) is 8.28. The minimum Gasteiger partial charge on any atom is -0.504 e. The van der Waals surface area contributed by atoms with E-state index < -0.39 is 0 Å². The van der Waals surface area contributed by atoms with Crippen LogP contribution in [-0.2, 0) is 12.8 Å². The van der Waals surface area contributed by atoms with Crippen LogP contribution in [0.4, 0.5) is 0 Å². The first-order chi connectivity index (χ1) is 9.88. The Morgan fingerprint density at radius 2 is 1.57 bits per heavy atom. The number of aromatic nitrogens is 2. The van der Waals surface area contributed by atoms with Crippen molar-refractivity contribution in [3.05, 3.63) is 41.2 Å². The standard InChI is InChI=1S/C18H26N2O/c1-12(2)10-16-18(21)17(11-13(3)4)20(19-16)15-8-6-14(5)7-9-15/h6-9,12-13,21H,10-11H2,1-5H3. The van der Waals surface area contributed by atoms with Crippen LogP contribution in [0.3, 0.4) is 0 Å². The van der Waals surface area contributed by atoms with E-state index in [4.69, 9.17) is 0 Å². The molecule has 0 radical (unpaired) electrons. The van der Waals surface area contributed by atoms with Gasteiger partial charge in [-0.25, -0.2) is 4.68 Å². The predicted molar refractivity (Wildman–Crippen MR) is 87.0 cm³/mol. The molecule has 0 aliphatic carbocycles. The fraction of sp³-hybridized carbons (Fsp3) is 0.500. The van der Waals surface area contributed by atoms with E-state index in [0.29, 0.717) is 17.6 Å². The number of hydrogen-bond donors (Lipinski definition) is 1. The van der Waals surface area contributed by atoms with Crippen LogP contribution >= 0.6 is 0 Å². The number of rotatable bonds is 5. The van der Waals surface area contributed by atoms with Gasteiger partial charge in [-0.3, -0.25) is 0 Å². The maximum atomic E-state index is 10.5. The van der Waals surface area contributed by atoms with E-state index in [1.807, 2.05) is 4.68 Å². The summed E-state index contributed by atoms with van der Waals surface area (Å²) >= 11 is 0. The first-order valence-electron chi connectivity index (χ1n) is 7.75. The van der Waals surface area contributed by atoms with E-state index in [2.05, 4.69) is 64.0 Å². The van der Waals surface area contributed by atoms with Gasteiger partial charge in [-0.15, -0.1) is 0 Å². The quantitative estimate of drug-likeness (QED) is 0.890. The second kappa shape index (κ2) is 6.33. The van der Waals surface area contributed by atoms with Crippen molar-refractivity contribution in [1.82, 2.24) is 9.78 Å². The number of nitrogens with zero attached hydrogens (tertiary/aromatic N) is 2. The minimum atomic E-state index is 0.373. The summed E-state index contributed by atoms with van der Waals surface area (Å²) in [5, 5.41) is 15.2. The Balaban J connectivity index is 2.49. The molecule has 0 atom stereocenters. The Morgan fingerprint density at radius 3 is 2.10 bits per heavy atom. The summed E-state index contributed by atoms with van der Waals surface area (Å²) in [6.45, 7) is 10.7. The second-order valence-corrected chi connectivity index (χ2v) is 6.69. The molecule has 0 amide bonds. The molecular formula is C18H26N2O. The summed E-state index contributed by atoms with van der Waals surface area (Å²) in [7, 11) is 0. The molecule has 0 spiro atoms. The average Bonchev–Trinajstić information content (AvgIpc) is 2.68. The monoisotopic (exact) mass is 286 g/mol. The number of hydrogen-bond acceptors (Lipinski definition) is 2. The highest BCUT2D eigenvalue weighted by atomic mass is 16.3. The van der Waals surface area contributed by atoms with Crippen LogP contribution in [0.2, 0.25) is 0 Å². The van der Waals surface area contributed by atoms with Gasteiger partial charge in [-0.1, -0.05) is 45.4 Å². The Morgan fingerprint density at radius 1 is 1.00 bits per heavy atom. The lowest BCUT2D eigenvalue weighted by molar-refractivity contribution is 0.450. The molecule has 0 aliphatic rings. The zero-order chi connectivity index (χ0) is 15.6. The maximum Gasteiger partial charge on any atom is 0.160 e. The zero-order valence-corrected chi connectivity index (χ0v) is 13.7. The van der Waals surface area contributed by atoms with Gasteiger partial charge < -0.3 is 5.11 Å². The Kier molecular flexibility index (Phi) is 4.71. The molecular weight excluding hydrogens is 260 g/mol. The molecule has 1 N–H and O–H groups in total. The van der Waals surface area contributed by atoms with Crippen LogP contribution in [0.15, 0.2) is 24.3 Å². The van der Waals surface area contributed by atoms with Crippen molar-refractivity contribution < 1.29 is 5.11 Å². The Labute approximate surface area is 127 Å². The largest absolute Gasteiger partial charge is 0.504 e. The Hall–Kier alpha value is -1.77. The second-order valence-electron chi connectivity index (χ2n) is 6.69. The van der Waals surface area contributed by atoms with Gasteiger partial charge in [0.25, 0.3) is 0 Å². The highest BCUT2D eigenvalue weighted by Gasteiger charge is 2.19. The molecule has 0 saturated heterocycles. The lowest BCUT2D eigenvalue weighted by Crippen LogP contribution is -2.05. The Bertz CT molecular complexity index is 594. The molecule has 2 rings (SSSR count). The van der Waals surface area contributed by atoms with E-state index in [-0.39, 0.29) is 0 Å². The van der Waals surface area contributed by atoms with Gasteiger partial charge in [0.2, 0.25) is 0 Å². The molecule has 3 heteroatoms. The third-order valence-electron chi connectivity index (χ3n) is 3.50. The summed E-state index contributed by atoms with van der Waals surface area (Å²) in [6.07, 6.45) is 1.63. The van der Waals surface area contributed by atoms with Gasteiger partial charge in [-0.05, 0) is 43.7 Å². The van der Waals surface area contributed by atoms with Crippen LogP contribution in [0.5, 0.6) is 5.75 Å². The summed E-state index contributed by atoms with van der Waals surface area (Å²) in [5.41, 5.74) is 3.97. The molecule has 0 saturated carbocycles. The average molecular weight is 286 g/mol. The molecule has 0 unspecified atom stereocenters. The van der Waals surface area contributed by atoms with Crippen LogP contribution < -0.4 is 0 Å². The van der Waals surface area contributed by atoms with Crippen LogP contribution in [0, 0.1) is 18.8 Å². The van der Waals surface area contributed by atoms with Crippen molar-refractivity contribution in [2.24, 2.45) is 11.8 Å². The third kappa shape index (κ3) is 3.66. The van der Waals surface area contributed by atoms with Crippen LogP contribution in [0.1, 0.15) is 44.6 Å². The number of benzene rings is 1. The summed E-state index contributed by atoms with van der Waals surface area (Å²) in [4.78, 5) is 0. The van der Waals surface area contributed by atoms with Gasteiger partial charge >= 0.3 is 0 Å². The topological polar surface area (TPSA) is 38.0 Å². The number of aromatic hydroxyl groups is 1. The fourth-order valence-electron chi connectivity index (χ4n) is 2.49. The first-order valence-corrected chi connectivity index (χ1v) is 7.75. The van der Waals surface area contributed by atoms with Gasteiger partial charge in [0.1, 0.15) is 5.69 Å². The molecule has 1 heterocycles. The molecule has 1 aromatic carbocycles. The van der Waals surface area contributed by atoms with Crippen molar-refractivity contribution in [2.45, 2.75) is 47.5 Å². The highest BCUT2D eigenvalue weighted by molar-refractivity contribution is 5.42. The third-order valence-corrected chi connectivity index (χ3v) is 3.50. The lowest BCUT2D eigenvalue weighted by atomic mass is 10.0. The highest BCUT2D eigenvalue weighted by Crippen LogP contribution is 2.29. The molecule has 0 aliphatic heterocycles. The molecule has 0 fully saturated rings. The van der Waals surface area contributed by atoms with Crippen molar-refractivity contribution in [1.29, 1.82) is 0 Å². The number of aryl methyl sites for hydroxylation is 1. The fourth-order valence-corrected chi connectivity index (χ4v) is 2.49. The molecule has 114 valence electrons. The first kappa shape index (κ1) is 15.6. The smallest absolute Gasteiger partial charge is 0.160 e. The molecule has 21 heavy (non-hydrogen) atoms. The van der Waals surface area contributed by atoms with Gasteiger partial charge in [0, 0.05) is 0 Å². The van der Waals surface area contributed by atoms with E-state index >= 15 is 0 Å². The predicted octanol–water partition coefficient (Wildman–Crippen LogP) is 4.28. The SMILES string of the molecule is Cc1ccc(-n2nc(CC(C)C)c(O)c2CC(C)C)cc1. The molecule has 2 aromatic rings. The van der Waals surface area contributed by atoms with Crippen molar-refractivity contribution in [2.75, 3.05) is 0 Å². The molecule has 3 nitrogen and oxygen atoms in total. The summed E-state index contributed by atoms with van der Waals surface area (Å²) in [5.74, 6) is 1.32. The summed E-state index contributed by atoms with van der Waals surface area (Å²) < 4.78 is 1.91. The van der Waals surface area contributed by atoms with E-state index in [9.17, 15) is 5.11 Å². The zero-order valence-electron chi connectivity index (χ0n) is 13.7. The van der Waals surface area contributed by atoms with Crippen molar-refractivity contribution >= 4 is 0 Å². The van der Waals surface area contributed by atoms with Crippen LogP contribution in [-0.4, -0.2) is 14.9 Å². The van der Waals surface area contributed by atoms with Gasteiger partial charge in [-0.2, -0.15) is 5.10 Å². The molecule has 1 aromatic heterocycles. The van der Waals surface area contributed by atoms with E-state index in [0.717, 1.165) is 29.9 Å². The van der Waals surface area contributed by atoms with Crippen molar-refractivity contribution in [3.63, 3.8) is 0 Å². The maximum absolute atomic E-state index is 10.5.